The first-order valence-electron chi connectivity index (χ1n) is 6.52. The molecule has 0 radical (unpaired) electrons. The van der Waals surface area contributed by atoms with E-state index in [-0.39, 0.29) is 5.48 Å². The van der Waals surface area contributed by atoms with E-state index in [9.17, 15) is 0 Å². The highest BCUT2D eigenvalue weighted by atomic mass is 16.0. The minimum atomic E-state index is 0. The molecule has 0 bridgehead atoms. The predicted molar refractivity (Wildman–Crippen MR) is 78.0 cm³/mol. The second-order valence-electron chi connectivity index (χ2n) is 4.68. The molecule has 0 amide bonds. The van der Waals surface area contributed by atoms with Gasteiger partial charge in [-0.25, -0.2) is 0 Å². The van der Waals surface area contributed by atoms with Gasteiger partial charge in [0.15, 0.2) is 0 Å². The third kappa shape index (κ3) is 3.01. The quantitative estimate of drug-likeness (QED) is 0.861. The summed E-state index contributed by atoms with van der Waals surface area (Å²) in [6, 6.07) is 22.0. The monoisotopic (exact) mass is 256 g/mol. The first kappa shape index (κ1) is 13.7. The molecule has 2 unspecified atom stereocenters. The van der Waals surface area contributed by atoms with E-state index in [0.29, 0.717) is 12.1 Å². The van der Waals surface area contributed by atoms with E-state index in [4.69, 9.17) is 0 Å². The molecule has 0 aromatic heterocycles. The lowest BCUT2D eigenvalue weighted by atomic mass is 9.92. The van der Waals surface area contributed by atoms with Gasteiger partial charge >= 0.3 is 0 Å². The van der Waals surface area contributed by atoms with E-state index in [1.807, 2.05) is 0 Å². The lowest BCUT2D eigenvalue weighted by Crippen LogP contribution is -2.45. The number of hydrogen-bond acceptors (Lipinski definition) is 2. The van der Waals surface area contributed by atoms with Crippen LogP contribution in [0.15, 0.2) is 60.7 Å². The van der Waals surface area contributed by atoms with Gasteiger partial charge in [-0.1, -0.05) is 60.7 Å². The van der Waals surface area contributed by atoms with Crippen molar-refractivity contribution in [1.29, 1.82) is 0 Å². The average molecular weight is 256 g/mol. The molecule has 1 saturated heterocycles. The van der Waals surface area contributed by atoms with Gasteiger partial charge < -0.3 is 16.1 Å². The van der Waals surface area contributed by atoms with Crippen molar-refractivity contribution in [1.82, 2.24) is 10.6 Å². The van der Waals surface area contributed by atoms with Crippen LogP contribution in [0.25, 0.3) is 0 Å². The summed E-state index contributed by atoms with van der Waals surface area (Å²) in [5.74, 6) is 0. The molecule has 1 aliphatic rings. The van der Waals surface area contributed by atoms with Crippen LogP contribution in [0.3, 0.4) is 0 Å². The van der Waals surface area contributed by atoms with Crippen LogP contribution in [0.4, 0.5) is 0 Å². The molecule has 1 aliphatic heterocycles. The lowest BCUT2D eigenvalue weighted by molar-refractivity contribution is 0.333. The summed E-state index contributed by atoms with van der Waals surface area (Å²) in [7, 11) is 0. The van der Waals surface area contributed by atoms with Crippen molar-refractivity contribution in [3.63, 3.8) is 0 Å². The number of rotatable bonds is 2. The maximum Gasteiger partial charge on any atom is 0.0518 e. The Morgan fingerprint density at radius 3 is 1.37 bits per heavy atom. The highest BCUT2D eigenvalue weighted by molar-refractivity contribution is 5.28. The Bertz CT molecular complexity index is 439. The van der Waals surface area contributed by atoms with E-state index in [1.165, 1.54) is 11.1 Å². The Morgan fingerprint density at radius 2 is 1.00 bits per heavy atom. The summed E-state index contributed by atoms with van der Waals surface area (Å²) in [5.41, 5.74) is 2.69. The highest BCUT2D eigenvalue weighted by Gasteiger charge is 2.26. The zero-order chi connectivity index (χ0) is 12.2. The first-order chi connectivity index (χ1) is 8.95. The third-order valence-corrected chi connectivity index (χ3v) is 3.50. The third-order valence-electron chi connectivity index (χ3n) is 3.50. The zero-order valence-corrected chi connectivity index (χ0v) is 10.8. The molecular weight excluding hydrogens is 236 g/mol. The Labute approximate surface area is 114 Å². The molecule has 19 heavy (non-hydrogen) atoms. The number of piperazine rings is 1. The highest BCUT2D eigenvalue weighted by Crippen LogP contribution is 2.30. The first-order valence-corrected chi connectivity index (χ1v) is 6.52. The maximum atomic E-state index is 3.62. The molecule has 2 atom stereocenters. The molecule has 2 aromatic rings. The van der Waals surface area contributed by atoms with Crippen LogP contribution in [0, 0.1) is 0 Å². The van der Waals surface area contributed by atoms with Crippen molar-refractivity contribution in [3.8, 4) is 0 Å². The van der Waals surface area contributed by atoms with E-state index in [0.717, 1.165) is 13.1 Å². The zero-order valence-electron chi connectivity index (χ0n) is 10.8. The number of hydrogen-bond donors (Lipinski definition) is 2. The van der Waals surface area contributed by atoms with Crippen molar-refractivity contribution in [2.24, 2.45) is 0 Å². The van der Waals surface area contributed by atoms with Gasteiger partial charge in [-0.05, 0) is 11.1 Å². The summed E-state index contributed by atoms with van der Waals surface area (Å²) in [4.78, 5) is 0. The van der Waals surface area contributed by atoms with Crippen molar-refractivity contribution in [3.05, 3.63) is 71.8 Å². The van der Waals surface area contributed by atoms with Crippen LogP contribution in [0.5, 0.6) is 0 Å². The van der Waals surface area contributed by atoms with Crippen molar-refractivity contribution in [2.45, 2.75) is 12.1 Å². The second-order valence-corrected chi connectivity index (χ2v) is 4.68. The fraction of sp³-hybridized carbons (Fsp3) is 0.250. The van der Waals surface area contributed by atoms with Crippen LogP contribution in [0.1, 0.15) is 23.2 Å². The molecule has 3 nitrogen and oxygen atoms in total. The van der Waals surface area contributed by atoms with Crippen LogP contribution >= 0.6 is 0 Å². The fourth-order valence-electron chi connectivity index (χ4n) is 2.63. The SMILES string of the molecule is O.c1ccc(C2NCCNC2c2ccccc2)cc1. The topological polar surface area (TPSA) is 55.6 Å². The van der Waals surface area contributed by atoms with Gasteiger partial charge in [-0.3, -0.25) is 0 Å². The average Bonchev–Trinajstić information content (AvgIpc) is 2.49. The van der Waals surface area contributed by atoms with Crippen LogP contribution < -0.4 is 10.6 Å². The van der Waals surface area contributed by atoms with E-state index >= 15 is 0 Å². The van der Waals surface area contributed by atoms with Gasteiger partial charge in [0.1, 0.15) is 0 Å². The smallest absolute Gasteiger partial charge is 0.0518 e. The number of benzene rings is 2. The Morgan fingerprint density at radius 1 is 0.632 bits per heavy atom. The molecule has 4 N–H and O–H groups in total. The summed E-state index contributed by atoms with van der Waals surface area (Å²) in [5, 5.41) is 7.24. The van der Waals surface area contributed by atoms with Gasteiger partial charge in [0, 0.05) is 13.1 Å². The largest absolute Gasteiger partial charge is 0.412 e. The Balaban J connectivity index is 0.00000133. The van der Waals surface area contributed by atoms with E-state index in [1.54, 1.807) is 0 Å². The van der Waals surface area contributed by atoms with Crippen LogP contribution in [0.2, 0.25) is 0 Å². The van der Waals surface area contributed by atoms with E-state index < -0.39 is 0 Å². The molecule has 0 aliphatic carbocycles. The normalized spacial score (nSPS) is 22.5. The van der Waals surface area contributed by atoms with Crippen molar-refractivity contribution < 1.29 is 5.48 Å². The standard InChI is InChI=1S/C16H18N2.H2O/c1-3-7-13(8-4-1)15-16(18-12-11-17-15)14-9-5-2-6-10-14;/h1-10,15-18H,11-12H2;1H2. The minimum absolute atomic E-state index is 0. The predicted octanol–water partition coefficient (Wildman–Crippen LogP) is 1.84. The molecule has 0 saturated carbocycles. The molecule has 1 heterocycles. The molecule has 3 heteroatoms. The van der Waals surface area contributed by atoms with Crippen LogP contribution in [-0.4, -0.2) is 18.6 Å². The molecule has 1 fully saturated rings. The summed E-state index contributed by atoms with van der Waals surface area (Å²) in [6.45, 7) is 2.03. The minimum Gasteiger partial charge on any atom is -0.412 e. The molecule has 0 spiro atoms. The molecule has 3 rings (SSSR count). The Kier molecular flexibility index (Phi) is 4.68. The second kappa shape index (κ2) is 6.48. The maximum absolute atomic E-state index is 3.62. The Hall–Kier alpha value is -1.68. The summed E-state index contributed by atoms with van der Waals surface area (Å²) in [6.07, 6.45) is 0. The van der Waals surface area contributed by atoms with Gasteiger partial charge in [0.2, 0.25) is 0 Å². The lowest BCUT2D eigenvalue weighted by Gasteiger charge is -2.34. The summed E-state index contributed by atoms with van der Waals surface area (Å²) < 4.78 is 0. The summed E-state index contributed by atoms with van der Waals surface area (Å²) >= 11 is 0. The van der Waals surface area contributed by atoms with Gasteiger partial charge in [0.25, 0.3) is 0 Å². The molecule has 100 valence electrons. The molecular formula is C16H20N2O. The van der Waals surface area contributed by atoms with Gasteiger partial charge in [-0.2, -0.15) is 0 Å². The molecule has 2 aromatic carbocycles. The van der Waals surface area contributed by atoms with Crippen LogP contribution in [-0.2, 0) is 0 Å². The number of nitrogens with one attached hydrogen (secondary N) is 2. The fourth-order valence-corrected chi connectivity index (χ4v) is 2.63. The van der Waals surface area contributed by atoms with E-state index in [2.05, 4.69) is 71.3 Å². The van der Waals surface area contributed by atoms with Gasteiger partial charge in [-0.15, -0.1) is 0 Å². The van der Waals surface area contributed by atoms with Crippen molar-refractivity contribution in [2.75, 3.05) is 13.1 Å². The van der Waals surface area contributed by atoms with Crippen molar-refractivity contribution >= 4 is 0 Å². The van der Waals surface area contributed by atoms with Gasteiger partial charge in [0.05, 0.1) is 12.1 Å².